The molecule has 3 saturated heterocycles. The molecule has 4 aromatic rings. The number of nitrogens with one attached hydrogen (secondary N) is 2. The maximum absolute atomic E-state index is 15.8. The molecule has 3 aromatic carbocycles. The second-order valence-corrected chi connectivity index (χ2v) is 14.3. The number of imide groups is 1. The second-order valence-electron chi connectivity index (χ2n) is 13.8. The van der Waals surface area contributed by atoms with E-state index in [-0.39, 0.29) is 23.2 Å². The molecule has 7 rings (SSSR count). The zero-order valence-electron chi connectivity index (χ0n) is 28.5. The van der Waals surface area contributed by atoms with Gasteiger partial charge in [-0.15, -0.1) is 0 Å². The molecule has 11 heteroatoms. The summed E-state index contributed by atoms with van der Waals surface area (Å²) < 4.78 is 23.1. The molecule has 3 fully saturated rings. The number of nitrogens with zero attached hydrogens (tertiary/aromatic N) is 3. The molecule has 0 aliphatic carbocycles. The lowest BCUT2D eigenvalue weighted by molar-refractivity contribution is -0.133. The molecule has 9 nitrogen and oxygen atoms in total. The number of methoxy groups -OCH3 is 1. The van der Waals surface area contributed by atoms with E-state index in [4.69, 9.17) is 16.3 Å². The molecular formula is C39H43ClFN5O4. The smallest absolute Gasteiger partial charge is 0.258 e. The number of halogens is 2. The molecule has 4 heterocycles. The first-order valence-corrected chi connectivity index (χ1v) is 17.9. The minimum atomic E-state index is -0.440. The largest absolute Gasteiger partial charge is 0.496 e. The van der Waals surface area contributed by atoms with Crippen LogP contribution < -0.4 is 20.9 Å². The third-order valence-electron chi connectivity index (χ3n) is 10.8. The number of pyridine rings is 1. The molecule has 3 aliphatic heterocycles. The Kier molecular flexibility index (Phi) is 9.95. The molecule has 0 radical (unpaired) electrons. The van der Waals surface area contributed by atoms with Gasteiger partial charge in [-0.2, -0.15) is 0 Å². The number of anilines is 1. The van der Waals surface area contributed by atoms with Crippen molar-refractivity contribution in [3.05, 3.63) is 93.1 Å². The normalized spacial score (nSPS) is 19.9. The van der Waals surface area contributed by atoms with Gasteiger partial charge in [0.25, 0.3) is 5.56 Å². The minimum Gasteiger partial charge on any atom is -0.496 e. The number of piperidine rings is 3. The fourth-order valence-corrected chi connectivity index (χ4v) is 8.31. The molecule has 1 atom stereocenters. The minimum absolute atomic E-state index is 0.0848. The molecule has 262 valence electrons. The van der Waals surface area contributed by atoms with Crippen LogP contribution in [0.3, 0.4) is 0 Å². The topological polar surface area (TPSA) is 95.9 Å². The van der Waals surface area contributed by atoms with Crippen LogP contribution in [0.1, 0.15) is 55.6 Å². The number of carbonyl (C=O) groups excluding carboxylic acids is 2. The Labute approximate surface area is 296 Å². The highest BCUT2D eigenvalue weighted by Crippen LogP contribution is 2.37. The Morgan fingerprint density at radius 1 is 0.940 bits per heavy atom. The molecule has 2 amide bonds. The predicted molar refractivity (Wildman–Crippen MR) is 194 cm³/mol. The molecule has 1 unspecified atom stereocenters. The highest BCUT2D eigenvalue weighted by molar-refractivity contribution is 6.31. The van der Waals surface area contributed by atoms with Gasteiger partial charge in [-0.25, -0.2) is 4.39 Å². The van der Waals surface area contributed by atoms with Gasteiger partial charge >= 0.3 is 0 Å². The van der Waals surface area contributed by atoms with E-state index in [1.54, 1.807) is 37.1 Å². The van der Waals surface area contributed by atoms with E-state index in [1.807, 2.05) is 36.4 Å². The van der Waals surface area contributed by atoms with Crippen LogP contribution in [0.4, 0.5) is 10.1 Å². The number of likely N-dealkylation sites (tertiary alicyclic amines) is 2. The van der Waals surface area contributed by atoms with Crippen molar-refractivity contribution >= 4 is 39.9 Å². The molecule has 0 spiro atoms. The number of carbonyl (C=O) groups is 2. The predicted octanol–water partition coefficient (Wildman–Crippen LogP) is 6.07. The third-order valence-corrected chi connectivity index (χ3v) is 11.1. The Morgan fingerprint density at radius 2 is 1.68 bits per heavy atom. The van der Waals surface area contributed by atoms with Crippen molar-refractivity contribution in [2.75, 3.05) is 38.6 Å². The maximum atomic E-state index is 15.8. The zero-order chi connectivity index (χ0) is 34.9. The molecule has 1 aromatic heterocycles. The number of hydrogen-bond donors (Lipinski definition) is 2. The van der Waals surface area contributed by atoms with Crippen molar-refractivity contribution in [3.8, 4) is 16.9 Å². The number of ether oxygens (including phenoxy) is 1. The highest BCUT2D eigenvalue weighted by Gasteiger charge is 2.31. The summed E-state index contributed by atoms with van der Waals surface area (Å²) >= 11 is 6.75. The van der Waals surface area contributed by atoms with E-state index in [0.717, 1.165) is 74.1 Å². The summed E-state index contributed by atoms with van der Waals surface area (Å²) in [6, 6.07) is 16.9. The lowest BCUT2D eigenvalue weighted by atomic mass is 9.87. The number of fused-ring (bicyclic) bond motifs is 1. The van der Waals surface area contributed by atoms with Gasteiger partial charge in [-0.3, -0.25) is 24.6 Å². The Bertz CT molecular complexity index is 1980. The van der Waals surface area contributed by atoms with Gasteiger partial charge in [0, 0.05) is 59.5 Å². The van der Waals surface area contributed by atoms with Crippen LogP contribution in [0.5, 0.6) is 5.75 Å². The summed E-state index contributed by atoms with van der Waals surface area (Å²) in [6.45, 7) is 4.25. The van der Waals surface area contributed by atoms with Crippen LogP contribution in [0.25, 0.3) is 21.9 Å². The average molecular weight is 700 g/mol. The third kappa shape index (κ3) is 7.02. The Balaban J connectivity index is 0.942. The van der Waals surface area contributed by atoms with E-state index >= 15 is 4.39 Å². The van der Waals surface area contributed by atoms with Gasteiger partial charge in [-0.05, 0) is 111 Å². The zero-order valence-corrected chi connectivity index (χ0v) is 29.3. The number of amides is 2. The first-order valence-electron chi connectivity index (χ1n) is 17.5. The van der Waals surface area contributed by atoms with Crippen LogP contribution in [-0.4, -0.2) is 71.6 Å². The second kappa shape index (κ2) is 14.5. The van der Waals surface area contributed by atoms with E-state index in [0.29, 0.717) is 58.6 Å². The fraction of sp³-hybridized carbons (Fsp3) is 0.410. The van der Waals surface area contributed by atoms with E-state index in [2.05, 4.69) is 26.5 Å². The summed E-state index contributed by atoms with van der Waals surface area (Å²) in [5.74, 6) is 0.0559. The molecule has 0 saturated carbocycles. The van der Waals surface area contributed by atoms with E-state index in [9.17, 15) is 14.4 Å². The first kappa shape index (κ1) is 34.2. The lowest BCUT2D eigenvalue weighted by Gasteiger charge is -2.42. The monoisotopic (exact) mass is 699 g/mol. The molecule has 2 N–H and O–H groups in total. The van der Waals surface area contributed by atoms with Crippen LogP contribution in [0, 0.1) is 5.82 Å². The molecule has 3 aliphatic rings. The lowest BCUT2D eigenvalue weighted by Crippen LogP contribution is -2.47. The van der Waals surface area contributed by atoms with Crippen LogP contribution in [0.2, 0.25) is 5.02 Å². The summed E-state index contributed by atoms with van der Waals surface area (Å²) in [4.78, 5) is 41.2. The Hall–Kier alpha value is -4.25. The van der Waals surface area contributed by atoms with Crippen molar-refractivity contribution in [2.24, 2.45) is 7.05 Å². The fourth-order valence-electron chi connectivity index (χ4n) is 7.97. The average Bonchev–Trinajstić information content (AvgIpc) is 3.12. The number of aryl methyl sites for hydroxylation is 1. The van der Waals surface area contributed by atoms with Crippen LogP contribution in [-0.2, 0) is 23.2 Å². The molecular weight excluding hydrogens is 657 g/mol. The number of rotatable bonds is 8. The number of benzene rings is 3. The summed E-state index contributed by atoms with van der Waals surface area (Å²) in [5.41, 5.74) is 3.86. The quantitative estimate of drug-likeness (QED) is 0.216. The van der Waals surface area contributed by atoms with E-state index in [1.165, 1.54) is 0 Å². The molecule has 50 heavy (non-hydrogen) atoms. The van der Waals surface area contributed by atoms with Gasteiger partial charge in [-0.1, -0.05) is 35.9 Å². The van der Waals surface area contributed by atoms with Gasteiger partial charge < -0.3 is 19.5 Å². The first-order chi connectivity index (χ1) is 24.2. The summed E-state index contributed by atoms with van der Waals surface area (Å²) in [5, 5.41) is 7.69. The molecule has 0 bridgehead atoms. The summed E-state index contributed by atoms with van der Waals surface area (Å²) in [6.07, 6.45) is 6.67. The number of aromatic nitrogens is 1. The highest BCUT2D eigenvalue weighted by atomic mass is 35.5. The summed E-state index contributed by atoms with van der Waals surface area (Å²) in [7, 11) is 3.30. The maximum Gasteiger partial charge on any atom is 0.258 e. The van der Waals surface area contributed by atoms with Crippen LogP contribution >= 0.6 is 11.6 Å². The Morgan fingerprint density at radius 3 is 2.38 bits per heavy atom. The van der Waals surface area contributed by atoms with Crippen LogP contribution in [0.15, 0.2) is 65.6 Å². The number of hydrogen-bond acceptors (Lipinski definition) is 7. The van der Waals surface area contributed by atoms with Crippen molar-refractivity contribution in [1.82, 2.24) is 19.7 Å². The standard InChI is InChI=1S/C39H43ClFN5O4/c1-44-22-31(29-5-3-4-6-30(29)39(44)49)25-19-34(41)32(36(20-25)50-2)23-45-15-13-27(14-16-45)46-17-11-24(12-18-46)28-8-7-26(21-33(28)40)42-35-9-10-37(47)43-38(35)48/h3-8,19-22,24,27,35,42H,9-18,23H2,1-2H3,(H,43,47,48). The van der Waals surface area contributed by atoms with Crippen molar-refractivity contribution < 1.29 is 18.7 Å². The van der Waals surface area contributed by atoms with Gasteiger partial charge in [0.15, 0.2) is 0 Å². The van der Waals surface area contributed by atoms with Crippen molar-refractivity contribution in [3.63, 3.8) is 0 Å². The van der Waals surface area contributed by atoms with Gasteiger partial charge in [0.2, 0.25) is 11.8 Å². The van der Waals surface area contributed by atoms with E-state index < -0.39 is 6.04 Å². The van der Waals surface area contributed by atoms with Gasteiger partial charge in [0.1, 0.15) is 17.6 Å². The SMILES string of the molecule is COc1cc(-c2cn(C)c(=O)c3ccccc23)cc(F)c1CN1CCC(N2CCC(c3ccc(NC4CCC(=O)NC4=O)cc3Cl)CC2)CC1. The van der Waals surface area contributed by atoms with Gasteiger partial charge in [0.05, 0.1) is 7.11 Å². The van der Waals surface area contributed by atoms with Crippen molar-refractivity contribution in [1.29, 1.82) is 0 Å². The van der Waals surface area contributed by atoms with Crippen molar-refractivity contribution in [2.45, 2.75) is 63.1 Å².